The van der Waals surface area contributed by atoms with Gasteiger partial charge in [-0.25, -0.2) is 4.79 Å². The summed E-state index contributed by atoms with van der Waals surface area (Å²) in [5.41, 5.74) is 5.72. The second-order valence-electron chi connectivity index (χ2n) is 2.70. The second-order valence-corrected chi connectivity index (χ2v) is 5.12. The Kier molecular flexibility index (Phi) is 3.65. The lowest BCUT2D eigenvalue weighted by atomic mass is 10.4. The molecule has 1 heterocycles. The van der Waals surface area contributed by atoms with Gasteiger partial charge in [0.05, 0.1) is 21.4 Å². The molecule has 78 valence electrons. The molecule has 1 rings (SSSR count). The lowest BCUT2D eigenvalue weighted by molar-refractivity contribution is 0.0703. The summed E-state index contributed by atoms with van der Waals surface area (Å²) in [6.07, 6.45) is 0.782. The molecule has 0 aliphatic heterocycles. The molecule has 1 aromatic rings. The van der Waals surface area contributed by atoms with Crippen molar-refractivity contribution in [3.05, 3.63) is 10.3 Å². The van der Waals surface area contributed by atoms with Gasteiger partial charge >= 0.3 is 5.97 Å². The number of nitrogen functional groups attached to an aromatic ring is 1. The van der Waals surface area contributed by atoms with Gasteiger partial charge in [-0.15, -0.1) is 11.3 Å². The van der Waals surface area contributed by atoms with Crippen LogP contribution in [0.3, 0.4) is 0 Å². The molecule has 0 radical (unpaired) electrons. The number of hydrogen-bond donors (Lipinski definition) is 2. The molecular formula is C8H11NO3S2. The smallest absolute Gasteiger partial charge is 0.348 e. The van der Waals surface area contributed by atoms with E-state index in [1.165, 1.54) is 0 Å². The van der Waals surface area contributed by atoms with Gasteiger partial charge in [-0.3, -0.25) is 4.21 Å². The molecule has 14 heavy (non-hydrogen) atoms. The fourth-order valence-electron chi connectivity index (χ4n) is 0.989. The Morgan fingerprint density at radius 2 is 2.36 bits per heavy atom. The molecule has 1 aromatic heterocycles. The van der Waals surface area contributed by atoms with Crippen molar-refractivity contribution in [3.63, 3.8) is 0 Å². The highest BCUT2D eigenvalue weighted by molar-refractivity contribution is 7.85. The monoisotopic (exact) mass is 233 g/mol. The maximum Gasteiger partial charge on any atom is 0.348 e. The van der Waals surface area contributed by atoms with Gasteiger partial charge in [0.2, 0.25) is 0 Å². The minimum Gasteiger partial charge on any atom is -0.477 e. The number of carboxylic acid groups (broad SMARTS) is 1. The Bertz CT molecular complexity index is 373. The van der Waals surface area contributed by atoms with Crippen molar-refractivity contribution < 1.29 is 14.1 Å². The van der Waals surface area contributed by atoms with E-state index in [0.717, 1.165) is 17.8 Å². The Morgan fingerprint density at radius 1 is 1.71 bits per heavy atom. The number of hydrogen-bond acceptors (Lipinski definition) is 4. The molecule has 0 fully saturated rings. The van der Waals surface area contributed by atoms with Crippen LogP contribution in [0.1, 0.15) is 23.0 Å². The van der Waals surface area contributed by atoms with Crippen LogP contribution in [0, 0.1) is 0 Å². The van der Waals surface area contributed by atoms with Gasteiger partial charge < -0.3 is 10.8 Å². The summed E-state index contributed by atoms with van der Waals surface area (Å²) in [6.45, 7) is 1.92. The second kappa shape index (κ2) is 4.56. The minimum absolute atomic E-state index is 0.0736. The fourth-order valence-corrected chi connectivity index (χ4v) is 3.25. The third kappa shape index (κ3) is 2.13. The molecule has 4 nitrogen and oxygen atoms in total. The van der Waals surface area contributed by atoms with E-state index in [0.29, 0.717) is 10.6 Å². The van der Waals surface area contributed by atoms with Gasteiger partial charge in [0.25, 0.3) is 0 Å². The number of carboxylic acids is 1. The average Bonchev–Trinajstić information content (AvgIpc) is 2.47. The molecule has 0 aliphatic carbocycles. The zero-order chi connectivity index (χ0) is 10.7. The standard InChI is InChI=1S/C8H11NO3S2/c1-2-3-14(12)5-4-13-7(6(5)9)8(10)11/h4H,2-3,9H2,1H3,(H,10,11). The Balaban J connectivity index is 3.00. The van der Waals surface area contributed by atoms with E-state index >= 15 is 0 Å². The molecule has 1 unspecified atom stereocenters. The Morgan fingerprint density at radius 3 is 2.79 bits per heavy atom. The van der Waals surface area contributed by atoms with Gasteiger partial charge in [0.1, 0.15) is 4.88 Å². The summed E-state index contributed by atoms with van der Waals surface area (Å²) in [7, 11) is -1.17. The van der Waals surface area contributed by atoms with Crippen LogP contribution < -0.4 is 5.73 Å². The largest absolute Gasteiger partial charge is 0.477 e. The van der Waals surface area contributed by atoms with Crippen LogP contribution in [0.15, 0.2) is 10.3 Å². The number of carbonyl (C=O) groups is 1. The van der Waals surface area contributed by atoms with Gasteiger partial charge in [-0.2, -0.15) is 0 Å². The van der Waals surface area contributed by atoms with Crippen molar-refractivity contribution in [2.24, 2.45) is 0 Å². The van der Waals surface area contributed by atoms with E-state index in [-0.39, 0.29) is 10.6 Å². The molecule has 1 atom stereocenters. The third-order valence-electron chi connectivity index (χ3n) is 1.62. The van der Waals surface area contributed by atoms with Crippen molar-refractivity contribution in [1.29, 1.82) is 0 Å². The van der Waals surface area contributed by atoms with Crippen LogP contribution in [0.4, 0.5) is 5.69 Å². The Labute approximate surface area is 88.2 Å². The van der Waals surface area contributed by atoms with E-state index in [2.05, 4.69) is 0 Å². The van der Waals surface area contributed by atoms with E-state index in [1.807, 2.05) is 6.92 Å². The number of rotatable bonds is 4. The number of nitrogens with two attached hydrogens (primary N) is 1. The van der Waals surface area contributed by atoms with Crippen molar-refractivity contribution in [1.82, 2.24) is 0 Å². The van der Waals surface area contributed by atoms with Gasteiger partial charge in [-0.1, -0.05) is 6.92 Å². The summed E-state index contributed by atoms with van der Waals surface area (Å²) < 4.78 is 11.5. The summed E-state index contributed by atoms with van der Waals surface area (Å²) in [5.74, 6) is -0.549. The first-order chi connectivity index (χ1) is 6.57. The normalized spacial score (nSPS) is 12.6. The lowest BCUT2D eigenvalue weighted by Gasteiger charge is -1.98. The van der Waals surface area contributed by atoms with Crippen LogP contribution in [0.2, 0.25) is 0 Å². The lowest BCUT2D eigenvalue weighted by Crippen LogP contribution is -2.02. The van der Waals surface area contributed by atoms with E-state index in [1.54, 1.807) is 5.38 Å². The van der Waals surface area contributed by atoms with Crippen molar-refractivity contribution in [3.8, 4) is 0 Å². The molecule has 0 spiro atoms. The van der Waals surface area contributed by atoms with E-state index < -0.39 is 16.8 Å². The van der Waals surface area contributed by atoms with Crippen LogP contribution in [0.5, 0.6) is 0 Å². The molecule has 6 heteroatoms. The number of anilines is 1. The molecule has 0 aromatic carbocycles. The third-order valence-corrected chi connectivity index (χ3v) is 4.36. The highest BCUT2D eigenvalue weighted by Gasteiger charge is 2.17. The van der Waals surface area contributed by atoms with Crippen molar-refractivity contribution in [2.45, 2.75) is 18.2 Å². The van der Waals surface area contributed by atoms with Crippen LogP contribution in [-0.4, -0.2) is 21.0 Å². The van der Waals surface area contributed by atoms with Crippen LogP contribution in [-0.2, 0) is 10.8 Å². The fraction of sp³-hybridized carbons (Fsp3) is 0.375. The van der Waals surface area contributed by atoms with Crippen LogP contribution >= 0.6 is 11.3 Å². The first kappa shape index (κ1) is 11.2. The summed E-state index contributed by atoms with van der Waals surface area (Å²) in [5, 5.41) is 10.3. The maximum atomic E-state index is 11.5. The topological polar surface area (TPSA) is 80.4 Å². The average molecular weight is 233 g/mol. The highest BCUT2D eigenvalue weighted by Crippen LogP contribution is 2.28. The summed E-state index contributed by atoms with van der Waals surface area (Å²) in [4.78, 5) is 11.2. The minimum atomic E-state index is -1.17. The van der Waals surface area contributed by atoms with Gasteiger partial charge in [0, 0.05) is 11.1 Å². The predicted molar refractivity (Wildman–Crippen MR) is 57.3 cm³/mol. The molecule has 0 bridgehead atoms. The maximum absolute atomic E-state index is 11.5. The van der Waals surface area contributed by atoms with Gasteiger partial charge in [-0.05, 0) is 6.42 Å². The van der Waals surface area contributed by atoms with Crippen molar-refractivity contribution in [2.75, 3.05) is 11.5 Å². The zero-order valence-corrected chi connectivity index (χ0v) is 9.28. The molecule has 0 saturated heterocycles. The number of aromatic carboxylic acids is 1. The zero-order valence-electron chi connectivity index (χ0n) is 7.65. The number of thiophene rings is 1. The molecule has 0 saturated carbocycles. The summed E-state index contributed by atoms with van der Waals surface area (Å²) >= 11 is 1.02. The van der Waals surface area contributed by atoms with Crippen molar-refractivity contribution >= 4 is 33.8 Å². The molecule has 0 aliphatic rings. The van der Waals surface area contributed by atoms with Crippen LogP contribution in [0.25, 0.3) is 0 Å². The highest BCUT2D eigenvalue weighted by atomic mass is 32.2. The first-order valence-corrected chi connectivity index (χ1v) is 6.26. The molecule has 3 N–H and O–H groups in total. The summed E-state index contributed by atoms with van der Waals surface area (Å²) in [6, 6.07) is 0. The van der Waals surface area contributed by atoms with E-state index in [4.69, 9.17) is 10.8 Å². The SMILES string of the molecule is CCCS(=O)c1csc(C(=O)O)c1N. The predicted octanol–water partition coefficient (Wildman–Crippen LogP) is 1.55. The van der Waals surface area contributed by atoms with E-state index in [9.17, 15) is 9.00 Å². The Hall–Kier alpha value is -0.880. The molecular weight excluding hydrogens is 222 g/mol. The molecule has 0 amide bonds. The quantitative estimate of drug-likeness (QED) is 0.826. The van der Waals surface area contributed by atoms with Gasteiger partial charge in [0.15, 0.2) is 0 Å². The first-order valence-electron chi connectivity index (χ1n) is 4.06.